The molecule has 0 aliphatic carbocycles. The van der Waals surface area contributed by atoms with Gasteiger partial charge in [0.2, 0.25) is 11.8 Å². The van der Waals surface area contributed by atoms with E-state index in [2.05, 4.69) is 25.6 Å². The predicted octanol–water partition coefficient (Wildman–Crippen LogP) is 5.99. The quantitative estimate of drug-likeness (QED) is 0.213. The lowest BCUT2D eigenvalue weighted by Crippen LogP contribution is -2.44. The van der Waals surface area contributed by atoms with Crippen LogP contribution in [-0.4, -0.2) is 61.1 Å². The minimum absolute atomic E-state index is 0.0876. The van der Waals surface area contributed by atoms with Crippen LogP contribution in [0.2, 0.25) is 0 Å². The van der Waals surface area contributed by atoms with E-state index in [1.807, 2.05) is 49.4 Å². The maximum Gasteiger partial charge on any atom is 0.407 e. The maximum absolute atomic E-state index is 12.8. The lowest BCUT2D eigenvalue weighted by atomic mass is 10.0. The Hall–Kier alpha value is -5.58. The summed E-state index contributed by atoms with van der Waals surface area (Å²) in [5.41, 5.74) is 3.12. The highest BCUT2D eigenvalue weighted by molar-refractivity contribution is 6.09. The van der Waals surface area contributed by atoms with Crippen LogP contribution in [0.4, 0.5) is 16.4 Å². The number of carboxylic acid groups (broad SMARTS) is 1. The molecule has 0 saturated carbocycles. The summed E-state index contributed by atoms with van der Waals surface area (Å²) in [6.45, 7) is 2.85. The van der Waals surface area contributed by atoms with E-state index in [0.717, 1.165) is 29.2 Å². The molecule has 216 valence electrons. The number of nitrogens with zero attached hydrogens (tertiary/aromatic N) is 5. The second-order valence-corrected chi connectivity index (χ2v) is 10.2. The van der Waals surface area contributed by atoms with Gasteiger partial charge < -0.3 is 25.4 Å². The summed E-state index contributed by atoms with van der Waals surface area (Å²) >= 11 is 0. The van der Waals surface area contributed by atoms with E-state index in [1.54, 1.807) is 42.9 Å². The molecule has 1 fully saturated rings. The Balaban J connectivity index is 1.29. The smallest absolute Gasteiger partial charge is 0.407 e. The molecule has 1 aliphatic rings. The lowest BCUT2D eigenvalue weighted by molar-refractivity contribution is 0.102. The van der Waals surface area contributed by atoms with Gasteiger partial charge in [-0.3, -0.25) is 9.78 Å². The zero-order valence-electron chi connectivity index (χ0n) is 23.4. The summed E-state index contributed by atoms with van der Waals surface area (Å²) in [5, 5.41) is 17.2. The van der Waals surface area contributed by atoms with Crippen LogP contribution < -0.4 is 15.4 Å². The van der Waals surface area contributed by atoms with Crippen molar-refractivity contribution in [2.45, 2.75) is 25.8 Å². The van der Waals surface area contributed by atoms with Gasteiger partial charge in [0, 0.05) is 54.2 Å². The Labute approximate surface area is 247 Å². The number of carbonyl (C=O) groups excluding carboxylic acids is 1. The summed E-state index contributed by atoms with van der Waals surface area (Å²) < 4.78 is 6.49. The zero-order chi connectivity index (χ0) is 29.8. The van der Waals surface area contributed by atoms with Gasteiger partial charge in [-0.15, -0.1) is 0 Å². The molecule has 5 aromatic rings. The molecular formula is C32H29N7O4. The van der Waals surface area contributed by atoms with E-state index in [-0.39, 0.29) is 11.9 Å². The molecule has 3 aromatic heterocycles. The molecular weight excluding hydrogens is 546 g/mol. The minimum Gasteiger partial charge on any atom is -0.465 e. The maximum atomic E-state index is 12.8. The number of fused-ring (bicyclic) bond motifs is 1. The first-order chi connectivity index (χ1) is 21.0. The first kappa shape index (κ1) is 27.6. The number of anilines is 2. The van der Waals surface area contributed by atoms with Crippen LogP contribution in [0.5, 0.6) is 11.6 Å². The molecule has 11 heteroatoms. The van der Waals surface area contributed by atoms with E-state index < -0.39 is 6.09 Å². The second-order valence-electron chi connectivity index (χ2n) is 10.2. The summed E-state index contributed by atoms with van der Waals surface area (Å²) in [5.74, 6) is 1.06. The Morgan fingerprint density at radius 1 is 0.930 bits per heavy atom. The van der Waals surface area contributed by atoms with Crippen molar-refractivity contribution in [3.05, 3.63) is 96.6 Å². The van der Waals surface area contributed by atoms with Gasteiger partial charge in [-0.25, -0.2) is 19.7 Å². The summed E-state index contributed by atoms with van der Waals surface area (Å²) in [6.07, 6.45) is 5.55. The number of ether oxygens (including phenoxy) is 1. The van der Waals surface area contributed by atoms with E-state index in [0.29, 0.717) is 53.3 Å². The van der Waals surface area contributed by atoms with Crippen molar-refractivity contribution in [3.63, 3.8) is 0 Å². The average Bonchev–Trinajstić information content (AvgIpc) is 3.03. The largest absolute Gasteiger partial charge is 0.465 e. The van der Waals surface area contributed by atoms with E-state index >= 15 is 0 Å². The SMILES string of the molecule is Cc1ccc2c(NC(=O)c3ccccn3)cccc2c1Oc1ncccc1-c1ccnc(NC2CCCN(C(=O)O)C2)n1. The molecule has 0 spiro atoms. The molecule has 0 radical (unpaired) electrons. The molecule has 2 amide bonds. The highest BCUT2D eigenvalue weighted by Gasteiger charge is 2.24. The Kier molecular flexibility index (Phi) is 7.77. The molecule has 1 saturated heterocycles. The summed E-state index contributed by atoms with van der Waals surface area (Å²) in [7, 11) is 0. The molecule has 1 atom stereocenters. The van der Waals surface area contributed by atoms with E-state index in [4.69, 9.17) is 9.72 Å². The second kappa shape index (κ2) is 12.1. The van der Waals surface area contributed by atoms with Gasteiger partial charge in [0.1, 0.15) is 11.4 Å². The van der Waals surface area contributed by atoms with Crippen LogP contribution in [0, 0.1) is 6.92 Å². The van der Waals surface area contributed by atoms with Crippen LogP contribution in [0.3, 0.4) is 0 Å². The van der Waals surface area contributed by atoms with Gasteiger partial charge in [-0.05, 0) is 61.7 Å². The zero-order valence-corrected chi connectivity index (χ0v) is 23.4. The molecule has 1 aliphatic heterocycles. The lowest BCUT2D eigenvalue weighted by Gasteiger charge is -2.31. The number of likely N-dealkylation sites (tertiary alicyclic amines) is 1. The molecule has 1 unspecified atom stereocenters. The van der Waals surface area contributed by atoms with Crippen molar-refractivity contribution in [2.75, 3.05) is 23.7 Å². The van der Waals surface area contributed by atoms with Gasteiger partial charge >= 0.3 is 6.09 Å². The average molecular weight is 576 g/mol. The van der Waals surface area contributed by atoms with Crippen LogP contribution in [0.25, 0.3) is 22.0 Å². The van der Waals surface area contributed by atoms with Crippen molar-refractivity contribution in [3.8, 4) is 22.9 Å². The number of aromatic nitrogens is 4. The molecule has 11 nitrogen and oxygen atoms in total. The fourth-order valence-electron chi connectivity index (χ4n) is 5.16. The van der Waals surface area contributed by atoms with Crippen molar-refractivity contribution in [1.29, 1.82) is 0 Å². The van der Waals surface area contributed by atoms with Gasteiger partial charge in [-0.2, -0.15) is 0 Å². The van der Waals surface area contributed by atoms with Gasteiger partial charge in [-0.1, -0.05) is 30.3 Å². The number of rotatable bonds is 7. The standard InChI is InChI=1S/C32H29N7O4/c1-20-12-13-22-23(8-4-11-25(22)37-29(40)27-10-2-3-15-33-27)28(20)43-30-24(9-5-16-34-30)26-14-17-35-31(38-26)36-21-7-6-18-39(19-21)32(41)42/h2-5,8-17,21H,6-7,18-19H2,1H3,(H,37,40)(H,41,42)(H,35,36,38). The fourth-order valence-corrected chi connectivity index (χ4v) is 5.16. The number of carbonyl (C=O) groups is 2. The van der Waals surface area contributed by atoms with Gasteiger partial charge in [0.15, 0.2) is 0 Å². The summed E-state index contributed by atoms with van der Waals surface area (Å²) in [4.78, 5) is 43.4. The Bertz CT molecular complexity index is 1800. The molecule has 2 aromatic carbocycles. The van der Waals surface area contributed by atoms with E-state index in [1.165, 1.54) is 4.90 Å². The third-order valence-electron chi connectivity index (χ3n) is 7.28. The Morgan fingerprint density at radius 2 is 1.81 bits per heavy atom. The normalized spacial score (nSPS) is 14.7. The number of piperidine rings is 1. The highest BCUT2D eigenvalue weighted by Crippen LogP contribution is 2.38. The minimum atomic E-state index is -0.926. The van der Waals surface area contributed by atoms with Crippen molar-refractivity contribution in [2.24, 2.45) is 0 Å². The molecule has 4 heterocycles. The predicted molar refractivity (Wildman–Crippen MR) is 162 cm³/mol. The fraction of sp³-hybridized carbons (Fsp3) is 0.188. The van der Waals surface area contributed by atoms with Gasteiger partial charge in [0.05, 0.1) is 11.3 Å². The molecule has 0 bridgehead atoms. The topological polar surface area (TPSA) is 142 Å². The van der Waals surface area contributed by atoms with Crippen LogP contribution in [0.15, 0.2) is 85.3 Å². The third kappa shape index (κ3) is 6.05. The van der Waals surface area contributed by atoms with Crippen LogP contribution in [0.1, 0.15) is 28.9 Å². The molecule has 43 heavy (non-hydrogen) atoms. The number of hydrogen-bond acceptors (Lipinski definition) is 8. The first-order valence-corrected chi connectivity index (χ1v) is 13.9. The number of hydrogen-bond donors (Lipinski definition) is 3. The third-order valence-corrected chi connectivity index (χ3v) is 7.28. The van der Waals surface area contributed by atoms with Crippen LogP contribution in [-0.2, 0) is 0 Å². The molecule has 3 N–H and O–H groups in total. The number of pyridine rings is 2. The van der Waals surface area contributed by atoms with Crippen LogP contribution >= 0.6 is 0 Å². The number of nitrogens with one attached hydrogen (secondary N) is 2. The van der Waals surface area contributed by atoms with Crippen molar-refractivity contribution < 1.29 is 19.4 Å². The highest BCUT2D eigenvalue weighted by atomic mass is 16.5. The number of aryl methyl sites for hydroxylation is 1. The number of benzene rings is 2. The van der Waals surface area contributed by atoms with Gasteiger partial charge in [0.25, 0.3) is 5.91 Å². The van der Waals surface area contributed by atoms with Crippen molar-refractivity contribution >= 4 is 34.4 Å². The van der Waals surface area contributed by atoms with Crippen molar-refractivity contribution in [1.82, 2.24) is 24.8 Å². The first-order valence-electron chi connectivity index (χ1n) is 13.9. The van der Waals surface area contributed by atoms with E-state index in [9.17, 15) is 14.7 Å². The Morgan fingerprint density at radius 3 is 2.65 bits per heavy atom. The number of amides is 2. The molecule has 6 rings (SSSR count). The monoisotopic (exact) mass is 575 g/mol. The summed E-state index contributed by atoms with van der Waals surface area (Å²) in [6, 6.07) is 20.1.